The molecule has 0 heterocycles. The van der Waals surface area contributed by atoms with Crippen molar-refractivity contribution in [3.8, 4) is 5.75 Å². The van der Waals surface area contributed by atoms with Crippen LogP contribution >= 0.6 is 15.9 Å². The van der Waals surface area contributed by atoms with Gasteiger partial charge in [-0.2, -0.15) is 0 Å². The van der Waals surface area contributed by atoms with E-state index < -0.39 is 18.2 Å². The number of rotatable bonds is 6. The first kappa shape index (κ1) is 17.6. The van der Waals surface area contributed by atoms with Gasteiger partial charge in [0.1, 0.15) is 6.04 Å². The Balaban J connectivity index is 2.84. The fourth-order valence-corrected chi connectivity index (χ4v) is 1.86. The molecule has 1 amide bonds. The van der Waals surface area contributed by atoms with Gasteiger partial charge in [-0.05, 0) is 31.5 Å². The minimum atomic E-state index is -4.80. The van der Waals surface area contributed by atoms with Crippen LogP contribution in [0.4, 0.5) is 18.9 Å². The lowest BCUT2D eigenvalue weighted by Gasteiger charge is -2.19. The van der Waals surface area contributed by atoms with Gasteiger partial charge < -0.3 is 15.4 Å². The molecule has 0 bridgehead atoms. The van der Waals surface area contributed by atoms with Crippen LogP contribution in [-0.2, 0) is 4.79 Å². The van der Waals surface area contributed by atoms with Crippen molar-refractivity contribution in [3.63, 3.8) is 0 Å². The Morgan fingerprint density at radius 1 is 1.43 bits per heavy atom. The van der Waals surface area contributed by atoms with E-state index in [1.807, 2.05) is 6.92 Å². The highest BCUT2D eigenvalue weighted by atomic mass is 79.9. The Kier molecular flexibility index (Phi) is 6.32. The standard InChI is InChI=1S/C13H16BrF3N2O2/c1-3-6-18-12(20)8(2)19-10-5-4-9(14)7-11(10)21-13(15,16)17/h4-5,7-8,19H,3,6H2,1-2H3,(H,18,20). The molecule has 1 aromatic rings. The number of carbonyl (C=O) groups is 1. The van der Waals surface area contributed by atoms with Gasteiger partial charge in [-0.25, -0.2) is 0 Å². The van der Waals surface area contributed by atoms with E-state index in [4.69, 9.17) is 0 Å². The topological polar surface area (TPSA) is 50.4 Å². The smallest absolute Gasteiger partial charge is 0.404 e. The van der Waals surface area contributed by atoms with Gasteiger partial charge in [-0.15, -0.1) is 13.2 Å². The van der Waals surface area contributed by atoms with E-state index in [-0.39, 0.29) is 11.6 Å². The summed E-state index contributed by atoms with van der Waals surface area (Å²) in [6.07, 6.45) is -4.02. The number of halogens is 4. The second-order valence-corrected chi connectivity index (χ2v) is 5.26. The van der Waals surface area contributed by atoms with Gasteiger partial charge in [0, 0.05) is 11.0 Å². The van der Waals surface area contributed by atoms with Crippen LogP contribution in [0.15, 0.2) is 22.7 Å². The second kappa shape index (κ2) is 7.53. The zero-order valence-electron chi connectivity index (χ0n) is 11.6. The molecule has 4 nitrogen and oxygen atoms in total. The molecule has 0 aliphatic carbocycles. The van der Waals surface area contributed by atoms with Gasteiger partial charge >= 0.3 is 6.36 Å². The maximum absolute atomic E-state index is 12.4. The molecule has 118 valence electrons. The molecular formula is C13H16BrF3N2O2. The number of ether oxygens (including phenoxy) is 1. The van der Waals surface area contributed by atoms with Crippen LogP contribution in [-0.4, -0.2) is 24.9 Å². The summed E-state index contributed by atoms with van der Waals surface area (Å²) in [4.78, 5) is 11.7. The van der Waals surface area contributed by atoms with Crippen LogP contribution in [0.5, 0.6) is 5.75 Å². The summed E-state index contributed by atoms with van der Waals surface area (Å²) in [6.45, 7) is 3.98. The molecule has 1 atom stereocenters. The molecule has 0 aromatic heterocycles. The van der Waals surface area contributed by atoms with E-state index in [1.165, 1.54) is 12.1 Å². The average molecular weight is 369 g/mol. The number of hydrogen-bond acceptors (Lipinski definition) is 3. The summed E-state index contributed by atoms with van der Waals surface area (Å²) in [5.41, 5.74) is 0.0923. The molecule has 8 heteroatoms. The predicted molar refractivity (Wildman–Crippen MR) is 77.2 cm³/mol. The van der Waals surface area contributed by atoms with Crippen LogP contribution in [0.3, 0.4) is 0 Å². The zero-order valence-corrected chi connectivity index (χ0v) is 13.1. The lowest BCUT2D eigenvalue weighted by molar-refractivity contribution is -0.274. The maximum atomic E-state index is 12.4. The van der Waals surface area contributed by atoms with Gasteiger partial charge in [-0.1, -0.05) is 22.9 Å². The maximum Gasteiger partial charge on any atom is 0.573 e. The number of amides is 1. The molecule has 0 fully saturated rings. The summed E-state index contributed by atoms with van der Waals surface area (Å²) in [5, 5.41) is 5.37. The van der Waals surface area contributed by atoms with E-state index in [0.717, 1.165) is 6.42 Å². The fourth-order valence-electron chi connectivity index (χ4n) is 1.52. The monoisotopic (exact) mass is 368 g/mol. The van der Waals surface area contributed by atoms with E-state index in [9.17, 15) is 18.0 Å². The van der Waals surface area contributed by atoms with Crippen molar-refractivity contribution in [1.82, 2.24) is 5.32 Å². The zero-order chi connectivity index (χ0) is 16.0. The molecular weight excluding hydrogens is 353 g/mol. The molecule has 0 radical (unpaired) electrons. The number of benzene rings is 1. The Morgan fingerprint density at radius 3 is 2.67 bits per heavy atom. The van der Waals surface area contributed by atoms with Gasteiger partial charge in [0.2, 0.25) is 5.91 Å². The molecule has 0 aliphatic heterocycles. The fraction of sp³-hybridized carbons (Fsp3) is 0.462. The first-order valence-corrected chi connectivity index (χ1v) is 7.11. The molecule has 0 spiro atoms. The molecule has 1 unspecified atom stereocenters. The molecule has 2 N–H and O–H groups in total. The lowest BCUT2D eigenvalue weighted by atomic mass is 10.2. The van der Waals surface area contributed by atoms with E-state index in [0.29, 0.717) is 11.0 Å². The molecule has 0 saturated heterocycles. The number of hydrogen-bond donors (Lipinski definition) is 2. The quantitative estimate of drug-likeness (QED) is 0.805. The summed E-state index contributed by atoms with van der Waals surface area (Å²) in [6, 6.07) is 3.47. The molecule has 1 rings (SSSR count). The number of carbonyl (C=O) groups excluding carboxylic acids is 1. The van der Waals surface area contributed by atoms with Crippen molar-refractivity contribution < 1.29 is 22.7 Å². The third-order valence-corrected chi connectivity index (χ3v) is 2.98. The number of anilines is 1. The van der Waals surface area contributed by atoms with Gasteiger partial charge in [-0.3, -0.25) is 4.79 Å². The first-order chi connectivity index (χ1) is 9.73. The number of alkyl halides is 3. The molecule has 0 saturated carbocycles. The highest BCUT2D eigenvalue weighted by Gasteiger charge is 2.32. The molecule has 21 heavy (non-hydrogen) atoms. The van der Waals surface area contributed by atoms with Crippen LogP contribution in [0.1, 0.15) is 20.3 Å². The predicted octanol–water partition coefficient (Wildman–Crippen LogP) is 3.67. The average Bonchev–Trinajstić information content (AvgIpc) is 2.37. The lowest BCUT2D eigenvalue weighted by Crippen LogP contribution is -2.38. The van der Waals surface area contributed by atoms with Crippen molar-refractivity contribution in [2.45, 2.75) is 32.7 Å². The van der Waals surface area contributed by atoms with Crippen LogP contribution in [0, 0.1) is 0 Å². The summed E-state index contributed by atoms with van der Waals surface area (Å²) in [7, 11) is 0. The number of nitrogens with one attached hydrogen (secondary N) is 2. The van der Waals surface area contributed by atoms with E-state index in [2.05, 4.69) is 31.3 Å². The Morgan fingerprint density at radius 2 is 2.10 bits per heavy atom. The van der Waals surface area contributed by atoms with E-state index in [1.54, 1.807) is 13.0 Å². The Hall–Kier alpha value is -1.44. The first-order valence-electron chi connectivity index (χ1n) is 6.32. The highest BCUT2D eigenvalue weighted by molar-refractivity contribution is 9.10. The summed E-state index contributed by atoms with van der Waals surface area (Å²) in [5.74, 6) is -0.690. The van der Waals surface area contributed by atoms with Gasteiger partial charge in [0.05, 0.1) is 5.69 Å². The van der Waals surface area contributed by atoms with Crippen molar-refractivity contribution in [2.24, 2.45) is 0 Å². The van der Waals surface area contributed by atoms with Crippen molar-refractivity contribution >= 4 is 27.5 Å². The van der Waals surface area contributed by atoms with Crippen LogP contribution in [0.2, 0.25) is 0 Å². The van der Waals surface area contributed by atoms with Crippen molar-refractivity contribution in [2.75, 3.05) is 11.9 Å². The summed E-state index contributed by atoms with van der Waals surface area (Å²) >= 11 is 3.08. The van der Waals surface area contributed by atoms with Crippen molar-refractivity contribution in [3.05, 3.63) is 22.7 Å². The SMILES string of the molecule is CCCNC(=O)C(C)Nc1ccc(Br)cc1OC(F)(F)F. The van der Waals surface area contributed by atoms with Gasteiger partial charge in [0.15, 0.2) is 5.75 Å². The minimum absolute atomic E-state index is 0.0923. The highest BCUT2D eigenvalue weighted by Crippen LogP contribution is 2.33. The van der Waals surface area contributed by atoms with Crippen LogP contribution in [0.25, 0.3) is 0 Å². The minimum Gasteiger partial charge on any atom is -0.404 e. The third-order valence-electron chi connectivity index (χ3n) is 2.48. The molecule has 1 aromatic carbocycles. The van der Waals surface area contributed by atoms with Crippen LogP contribution < -0.4 is 15.4 Å². The second-order valence-electron chi connectivity index (χ2n) is 4.35. The summed E-state index contributed by atoms with van der Waals surface area (Å²) < 4.78 is 41.5. The Labute approximate surface area is 129 Å². The van der Waals surface area contributed by atoms with Gasteiger partial charge in [0.25, 0.3) is 0 Å². The third kappa shape index (κ3) is 6.24. The normalized spacial score (nSPS) is 12.7. The largest absolute Gasteiger partial charge is 0.573 e. The van der Waals surface area contributed by atoms with Crippen molar-refractivity contribution in [1.29, 1.82) is 0 Å². The Bertz CT molecular complexity index is 495. The van der Waals surface area contributed by atoms with E-state index >= 15 is 0 Å². The molecule has 0 aliphatic rings.